The van der Waals surface area contributed by atoms with Crippen molar-refractivity contribution in [2.24, 2.45) is 11.8 Å². The van der Waals surface area contributed by atoms with Crippen LogP contribution in [0.2, 0.25) is 0 Å². The average Bonchev–Trinajstić information content (AvgIpc) is 2.59. The Labute approximate surface area is 148 Å². The normalized spacial score (nSPS) is 27.8. The van der Waals surface area contributed by atoms with Crippen molar-refractivity contribution in [1.82, 2.24) is 4.90 Å². The lowest BCUT2D eigenvalue weighted by Gasteiger charge is -2.50. The molecule has 2 heteroatoms. The van der Waals surface area contributed by atoms with Crippen LogP contribution in [0, 0.1) is 11.8 Å². The Balaban J connectivity index is 2.20. The third-order valence-corrected chi connectivity index (χ3v) is 5.78. The van der Waals surface area contributed by atoms with Crippen LogP contribution in [0.25, 0.3) is 0 Å². The van der Waals surface area contributed by atoms with E-state index in [4.69, 9.17) is 4.74 Å². The Morgan fingerprint density at radius 2 is 1.92 bits per heavy atom. The van der Waals surface area contributed by atoms with Gasteiger partial charge in [-0.1, -0.05) is 45.1 Å². The van der Waals surface area contributed by atoms with Gasteiger partial charge in [-0.2, -0.15) is 0 Å². The van der Waals surface area contributed by atoms with E-state index in [1.165, 1.54) is 31.2 Å². The molecule has 0 aliphatic heterocycles. The molecule has 2 nitrogen and oxygen atoms in total. The highest BCUT2D eigenvalue weighted by molar-refractivity contribution is 5.27. The van der Waals surface area contributed by atoms with E-state index >= 15 is 0 Å². The second kappa shape index (κ2) is 8.71. The molecule has 0 radical (unpaired) electrons. The number of rotatable bonds is 7. The van der Waals surface area contributed by atoms with Gasteiger partial charge in [0, 0.05) is 12.1 Å². The Hall–Kier alpha value is -1.28. The maximum absolute atomic E-state index is 5.29. The van der Waals surface area contributed by atoms with Crippen molar-refractivity contribution >= 4 is 0 Å². The van der Waals surface area contributed by atoms with Gasteiger partial charge in [0.05, 0.1) is 7.11 Å². The predicted molar refractivity (Wildman–Crippen MR) is 103 cm³/mol. The van der Waals surface area contributed by atoms with Gasteiger partial charge in [0.1, 0.15) is 5.75 Å². The Morgan fingerprint density at radius 3 is 2.46 bits per heavy atom. The number of benzene rings is 1. The van der Waals surface area contributed by atoms with E-state index in [-0.39, 0.29) is 0 Å². The molecule has 1 aromatic carbocycles. The lowest BCUT2D eigenvalue weighted by Crippen LogP contribution is -2.52. The highest BCUT2D eigenvalue weighted by Crippen LogP contribution is 2.43. The summed E-state index contributed by atoms with van der Waals surface area (Å²) in [6.07, 6.45) is 9.86. The first-order chi connectivity index (χ1) is 11.6. The van der Waals surface area contributed by atoms with Gasteiger partial charge < -0.3 is 4.74 Å². The Kier molecular flexibility index (Phi) is 6.91. The Morgan fingerprint density at radius 1 is 1.21 bits per heavy atom. The highest BCUT2D eigenvalue weighted by Gasteiger charge is 2.41. The maximum atomic E-state index is 5.29. The van der Waals surface area contributed by atoms with Gasteiger partial charge in [-0.05, 0) is 68.7 Å². The van der Waals surface area contributed by atoms with Crippen molar-refractivity contribution in [1.29, 1.82) is 0 Å². The molecular formula is C22H35NO. The third-order valence-electron chi connectivity index (χ3n) is 5.78. The summed E-state index contributed by atoms with van der Waals surface area (Å²) in [5, 5.41) is 0. The standard InChI is InChI=1S/C22H35NO/c1-6-9-20-14-18(4)15-22(7-2,16-20)23(8-3)17-19-10-12-21(24-5)13-11-19/h6,9-13,18,20H,7-8,14-17H2,1-5H3. The Bertz CT molecular complexity index is 521. The second-order valence-corrected chi connectivity index (χ2v) is 7.48. The molecule has 0 heterocycles. The van der Waals surface area contributed by atoms with Gasteiger partial charge in [0.2, 0.25) is 0 Å². The van der Waals surface area contributed by atoms with Crippen molar-refractivity contribution < 1.29 is 4.74 Å². The van der Waals surface area contributed by atoms with Crippen LogP contribution in [-0.4, -0.2) is 24.1 Å². The smallest absolute Gasteiger partial charge is 0.118 e. The number of allylic oxidation sites excluding steroid dienone is 2. The zero-order valence-corrected chi connectivity index (χ0v) is 16.2. The minimum absolute atomic E-state index is 0.330. The van der Waals surface area contributed by atoms with Gasteiger partial charge in [-0.25, -0.2) is 0 Å². The fourth-order valence-electron chi connectivity index (χ4n) is 4.66. The van der Waals surface area contributed by atoms with Crippen molar-refractivity contribution in [3.05, 3.63) is 42.0 Å². The molecule has 1 aliphatic rings. The molecule has 134 valence electrons. The molecule has 0 bridgehead atoms. The third kappa shape index (κ3) is 4.42. The van der Waals surface area contributed by atoms with Crippen molar-refractivity contribution in [2.75, 3.05) is 13.7 Å². The summed E-state index contributed by atoms with van der Waals surface area (Å²) in [7, 11) is 1.73. The number of ether oxygens (including phenoxy) is 1. The summed E-state index contributed by atoms with van der Waals surface area (Å²) in [6.45, 7) is 11.4. The van der Waals surface area contributed by atoms with Crippen LogP contribution in [0.4, 0.5) is 0 Å². The molecule has 0 amide bonds. The number of nitrogens with zero attached hydrogens (tertiary/aromatic N) is 1. The van der Waals surface area contributed by atoms with Crippen LogP contribution in [0.1, 0.15) is 58.9 Å². The van der Waals surface area contributed by atoms with Crippen molar-refractivity contribution in [2.45, 2.75) is 65.5 Å². The van der Waals surface area contributed by atoms with Gasteiger partial charge >= 0.3 is 0 Å². The fourth-order valence-corrected chi connectivity index (χ4v) is 4.66. The van der Waals surface area contributed by atoms with Crippen LogP contribution < -0.4 is 4.74 Å². The number of hydrogen-bond donors (Lipinski definition) is 0. The van der Waals surface area contributed by atoms with Crippen LogP contribution in [0.5, 0.6) is 5.75 Å². The van der Waals surface area contributed by atoms with E-state index in [0.717, 1.165) is 30.7 Å². The van der Waals surface area contributed by atoms with Gasteiger partial charge in [0.25, 0.3) is 0 Å². The van der Waals surface area contributed by atoms with Crippen LogP contribution in [0.15, 0.2) is 36.4 Å². The highest BCUT2D eigenvalue weighted by atomic mass is 16.5. The molecule has 2 rings (SSSR count). The molecule has 3 unspecified atom stereocenters. The van der Waals surface area contributed by atoms with E-state index in [1.54, 1.807) is 7.11 Å². The lowest BCUT2D eigenvalue weighted by molar-refractivity contribution is 0.0122. The maximum Gasteiger partial charge on any atom is 0.118 e. The molecule has 3 atom stereocenters. The molecule has 1 aliphatic carbocycles. The molecule has 1 saturated carbocycles. The molecule has 0 N–H and O–H groups in total. The zero-order chi connectivity index (χ0) is 17.6. The SMILES string of the molecule is CC=CC1CC(C)CC(CC)(N(CC)Cc2ccc(OC)cc2)C1. The molecular weight excluding hydrogens is 294 g/mol. The van der Waals surface area contributed by atoms with E-state index in [9.17, 15) is 0 Å². The number of hydrogen-bond acceptors (Lipinski definition) is 2. The first kappa shape index (κ1) is 19.1. The molecule has 0 aromatic heterocycles. The predicted octanol–water partition coefficient (Wildman–Crippen LogP) is 5.68. The lowest BCUT2D eigenvalue weighted by atomic mass is 9.68. The van der Waals surface area contributed by atoms with E-state index < -0.39 is 0 Å². The molecule has 0 saturated heterocycles. The average molecular weight is 330 g/mol. The summed E-state index contributed by atoms with van der Waals surface area (Å²) in [5.41, 5.74) is 1.71. The second-order valence-electron chi connectivity index (χ2n) is 7.48. The molecule has 1 fully saturated rings. The van der Waals surface area contributed by atoms with Gasteiger partial charge in [-0.15, -0.1) is 0 Å². The van der Waals surface area contributed by atoms with Crippen molar-refractivity contribution in [3.8, 4) is 5.75 Å². The largest absolute Gasteiger partial charge is 0.497 e. The summed E-state index contributed by atoms with van der Waals surface area (Å²) in [4.78, 5) is 2.72. The first-order valence-corrected chi connectivity index (χ1v) is 9.57. The van der Waals surface area contributed by atoms with E-state index in [0.29, 0.717) is 5.54 Å². The summed E-state index contributed by atoms with van der Waals surface area (Å²) in [5.74, 6) is 2.46. The summed E-state index contributed by atoms with van der Waals surface area (Å²) < 4.78 is 5.29. The number of methoxy groups -OCH3 is 1. The first-order valence-electron chi connectivity index (χ1n) is 9.57. The summed E-state index contributed by atoms with van der Waals surface area (Å²) in [6, 6.07) is 8.57. The van der Waals surface area contributed by atoms with Crippen molar-refractivity contribution in [3.63, 3.8) is 0 Å². The quantitative estimate of drug-likeness (QED) is 0.597. The van der Waals surface area contributed by atoms with E-state index in [1.807, 2.05) is 0 Å². The molecule has 1 aromatic rings. The van der Waals surface area contributed by atoms with Crippen LogP contribution in [0.3, 0.4) is 0 Å². The van der Waals surface area contributed by atoms with Crippen LogP contribution in [-0.2, 0) is 6.54 Å². The molecule has 24 heavy (non-hydrogen) atoms. The zero-order valence-electron chi connectivity index (χ0n) is 16.2. The monoisotopic (exact) mass is 329 g/mol. The van der Waals surface area contributed by atoms with Gasteiger partial charge in [-0.3, -0.25) is 4.90 Å². The minimum atomic E-state index is 0.330. The topological polar surface area (TPSA) is 12.5 Å². The van der Waals surface area contributed by atoms with E-state index in [2.05, 4.69) is 69.0 Å². The van der Waals surface area contributed by atoms with Gasteiger partial charge in [0.15, 0.2) is 0 Å². The molecule has 0 spiro atoms. The fraction of sp³-hybridized carbons (Fsp3) is 0.636. The van der Waals surface area contributed by atoms with Crippen LogP contribution >= 0.6 is 0 Å². The summed E-state index contributed by atoms with van der Waals surface area (Å²) >= 11 is 0. The minimum Gasteiger partial charge on any atom is -0.497 e.